The van der Waals surface area contributed by atoms with Crippen molar-refractivity contribution in [2.75, 3.05) is 50.3 Å². The minimum absolute atomic E-state index is 0.339. The van der Waals surface area contributed by atoms with Crippen LogP contribution in [0, 0.1) is 6.92 Å². The molecule has 0 aliphatic rings. The van der Waals surface area contributed by atoms with Gasteiger partial charge in [0.05, 0.1) is 39.6 Å². The summed E-state index contributed by atoms with van der Waals surface area (Å²) in [4.78, 5) is 14.7. The number of rotatable bonds is 30. The zero-order chi connectivity index (χ0) is 41.4. The minimum Gasteiger partial charge on any atom is -0.489 e. The Morgan fingerprint density at radius 1 is 0.448 bits per heavy atom. The summed E-state index contributed by atoms with van der Waals surface area (Å²) in [5, 5.41) is 6.90. The van der Waals surface area contributed by atoms with Gasteiger partial charge in [-0.05, 0) is 57.4 Å². The smallest absolute Gasteiger partial charge is 0.232 e. The van der Waals surface area contributed by atoms with Gasteiger partial charge in [0.15, 0.2) is 28.8 Å². The molecule has 3 aromatic carbocycles. The second-order valence-electron chi connectivity index (χ2n) is 14.3. The molecule has 4 rings (SSSR count). The standard InChI is InChI=1S/C47H68N5O6/c1-8-15-25-53-39-31-37(32-40(54-26-16-9-2)43(39)57-29-19-12-5)48-46-50-45(36-23-21-35(14-7)22-24-36)51-47(52-46)49-38-33-41(55-27-17-10-3)44(58-30-20-13-6)42(34-38)56-28-18-11-4/h21-24,31-34H,7-20,25-30H2,1-6H3,(H2,48,49,50,51,52). The fourth-order valence-corrected chi connectivity index (χ4v) is 5.65. The van der Waals surface area contributed by atoms with Gasteiger partial charge in [0, 0.05) is 41.2 Å². The van der Waals surface area contributed by atoms with E-state index in [4.69, 9.17) is 43.4 Å². The lowest BCUT2D eigenvalue weighted by Crippen LogP contribution is -2.09. The van der Waals surface area contributed by atoms with Gasteiger partial charge in [0.2, 0.25) is 23.4 Å². The van der Waals surface area contributed by atoms with Crippen LogP contribution in [0.3, 0.4) is 0 Å². The van der Waals surface area contributed by atoms with Crippen LogP contribution in [0.25, 0.3) is 11.4 Å². The highest BCUT2D eigenvalue weighted by molar-refractivity contribution is 5.70. The molecule has 11 heteroatoms. The first kappa shape index (κ1) is 45.8. The lowest BCUT2D eigenvalue weighted by molar-refractivity contribution is 0.237. The number of hydrogen-bond donors (Lipinski definition) is 2. The first-order valence-corrected chi connectivity index (χ1v) is 21.8. The topological polar surface area (TPSA) is 118 Å². The molecule has 0 spiro atoms. The molecule has 0 bridgehead atoms. The molecule has 0 saturated carbocycles. The van der Waals surface area contributed by atoms with Crippen molar-refractivity contribution in [3.63, 3.8) is 0 Å². The molecule has 4 aromatic rings. The van der Waals surface area contributed by atoms with Crippen molar-refractivity contribution in [1.29, 1.82) is 0 Å². The largest absolute Gasteiger partial charge is 0.489 e. The molecule has 58 heavy (non-hydrogen) atoms. The second kappa shape index (κ2) is 26.1. The zero-order valence-electron chi connectivity index (χ0n) is 36.1. The highest BCUT2D eigenvalue weighted by Crippen LogP contribution is 2.43. The third-order valence-corrected chi connectivity index (χ3v) is 9.20. The summed E-state index contributed by atoms with van der Waals surface area (Å²) in [6.07, 6.45) is 12.3. The van der Waals surface area contributed by atoms with E-state index in [9.17, 15) is 0 Å². The van der Waals surface area contributed by atoms with E-state index in [1.165, 1.54) is 0 Å². The van der Waals surface area contributed by atoms with Crippen molar-refractivity contribution in [2.45, 2.75) is 125 Å². The normalized spacial score (nSPS) is 10.9. The molecule has 1 aromatic heterocycles. The third-order valence-electron chi connectivity index (χ3n) is 9.20. The van der Waals surface area contributed by atoms with Gasteiger partial charge < -0.3 is 39.1 Å². The molecule has 0 fully saturated rings. The summed E-state index contributed by atoms with van der Waals surface area (Å²) in [6, 6.07) is 15.8. The summed E-state index contributed by atoms with van der Waals surface area (Å²) in [5.74, 6) is 4.87. The molecule has 1 heterocycles. The van der Waals surface area contributed by atoms with Gasteiger partial charge in [-0.1, -0.05) is 104 Å². The lowest BCUT2D eigenvalue weighted by atomic mass is 10.1. The van der Waals surface area contributed by atoms with Crippen molar-refractivity contribution in [2.24, 2.45) is 0 Å². The Labute approximate surface area is 348 Å². The van der Waals surface area contributed by atoms with Crippen LogP contribution < -0.4 is 39.1 Å². The van der Waals surface area contributed by atoms with Gasteiger partial charge in [0.25, 0.3) is 0 Å². The second-order valence-corrected chi connectivity index (χ2v) is 14.3. The molecule has 0 unspecified atom stereocenters. The number of unbranched alkanes of at least 4 members (excludes halogenated alkanes) is 6. The van der Waals surface area contributed by atoms with E-state index in [1.54, 1.807) is 0 Å². The van der Waals surface area contributed by atoms with Crippen molar-refractivity contribution in [3.05, 3.63) is 61.0 Å². The fourth-order valence-electron chi connectivity index (χ4n) is 5.65. The van der Waals surface area contributed by atoms with Gasteiger partial charge in [-0.3, -0.25) is 0 Å². The first-order valence-electron chi connectivity index (χ1n) is 21.8. The SMILES string of the molecule is [CH2]Cc1ccc(-c2nc(Nc3cc(OCCCC)c(OCCCC)c(OCCCC)c3)nc(Nc3cc(OCCCC)c(OCCCC)c(OCCCC)c3)n2)cc1. The summed E-state index contributed by atoms with van der Waals surface area (Å²) in [6.45, 7) is 20.3. The van der Waals surface area contributed by atoms with Crippen molar-refractivity contribution in [1.82, 2.24) is 15.0 Å². The van der Waals surface area contributed by atoms with Crippen molar-refractivity contribution < 1.29 is 28.4 Å². The summed E-state index contributed by atoms with van der Waals surface area (Å²) in [7, 11) is 0. The predicted octanol–water partition coefficient (Wildman–Crippen LogP) is 12.5. The van der Waals surface area contributed by atoms with Gasteiger partial charge in [-0.25, -0.2) is 0 Å². The molecule has 11 nitrogen and oxygen atoms in total. The van der Waals surface area contributed by atoms with E-state index in [2.05, 4.69) is 59.1 Å². The van der Waals surface area contributed by atoms with E-state index in [-0.39, 0.29) is 0 Å². The quantitative estimate of drug-likeness (QED) is 0.0491. The van der Waals surface area contributed by atoms with Crippen LogP contribution in [0.1, 0.15) is 124 Å². The summed E-state index contributed by atoms with van der Waals surface area (Å²) in [5.41, 5.74) is 3.35. The average molecular weight is 799 g/mol. The van der Waals surface area contributed by atoms with E-state index in [0.29, 0.717) is 110 Å². The molecule has 0 atom stereocenters. The maximum atomic E-state index is 6.33. The number of aromatic nitrogens is 3. The lowest BCUT2D eigenvalue weighted by Gasteiger charge is -2.20. The molecule has 0 amide bonds. The Hall–Kier alpha value is -4.93. The molecule has 1 radical (unpaired) electrons. The van der Waals surface area contributed by atoms with Gasteiger partial charge >= 0.3 is 0 Å². The number of nitrogens with zero attached hydrogens (tertiary/aromatic N) is 3. The fraction of sp³-hybridized carbons (Fsp3) is 0.532. The third kappa shape index (κ3) is 14.8. The van der Waals surface area contributed by atoms with Crippen LogP contribution in [0.15, 0.2) is 48.5 Å². The Bertz CT molecular complexity index is 1610. The van der Waals surface area contributed by atoms with Crippen LogP contribution >= 0.6 is 0 Å². The molecule has 317 valence electrons. The number of nitrogens with one attached hydrogen (secondary N) is 2. The highest BCUT2D eigenvalue weighted by atomic mass is 16.5. The summed E-state index contributed by atoms with van der Waals surface area (Å²) < 4.78 is 38.0. The maximum absolute atomic E-state index is 6.33. The van der Waals surface area contributed by atoms with Gasteiger partial charge in [-0.15, -0.1) is 0 Å². The molecule has 0 aliphatic heterocycles. The van der Waals surface area contributed by atoms with Gasteiger partial charge in [-0.2, -0.15) is 15.0 Å². The maximum Gasteiger partial charge on any atom is 0.232 e. The Morgan fingerprint density at radius 3 is 1.09 bits per heavy atom. The molecular weight excluding hydrogens is 731 g/mol. The van der Waals surface area contributed by atoms with E-state index in [0.717, 1.165) is 88.2 Å². The highest BCUT2D eigenvalue weighted by Gasteiger charge is 2.20. The first-order chi connectivity index (χ1) is 28.5. The predicted molar refractivity (Wildman–Crippen MR) is 236 cm³/mol. The van der Waals surface area contributed by atoms with E-state index in [1.807, 2.05) is 48.5 Å². The molecule has 0 aliphatic carbocycles. The van der Waals surface area contributed by atoms with Crippen molar-refractivity contribution in [3.8, 4) is 45.9 Å². The Morgan fingerprint density at radius 2 is 0.776 bits per heavy atom. The number of anilines is 4. The monoisotopic (exact) mass is 799 g/mol. The van der Waals surface area contributed by atoms with E-state index < -0.39 is 0 Å². The van der Waals surface area contributed by atoms with Crippen LogP contribution in [0.5, 0.6) is 34.5 Å². The molecule has 0 saturated heterocycles. The Balaban J connectivity index is 1.81. The van der Waals surface area contributed by atoms with Crippen LogP contribution in [0.4, 0.5) is 23.3 Å². The van der Waals surface area contributed by atoms with Crippen LogP contribution in [-0.4, -0.2) is 54.6 Å². The van der Waals surface area contributed by atoms with Crippen LogP contribution in [0.2, 0.25) is 0 Å². The molecular formula is C47H68N5O6. The summed E-state index contributed by atoms with van der Waals surface area (Å²) >= 11 is 0. The minimum atomic E-state index is 0.339. The Kier molecular flexibility index (Phi) is 20.6. The number of benzene rings is 3. The average Bonchev–Trinajstić information content (AvgIpc) is 3.23. The number of ether oxygens (including phenoxy) is 6. The van der Waals surface area contributed by atoms with Crippen molar-refractivity contribution >= 4 is 23.3 Å². The molecule has 2 N–H and O–H groups in total. The van der Waals surface area contributed by atoms with Crippen LogP contribution in [-0.2, 0) is 6.42 Å². The van der Waals surface area contributed by atoms with E-state index >= 15 is 0 Å². The zero-order valence-corrected chi connectivity index (χ0v) is 36.1. The number of hydrogen-bond acceptors (Lipinski definition) is 11. The van der Waals surface area contributed by atoms with Gasteiger partial charge in [0.1, 0.15) is 0 Å².